The largest absolute Gasteiger partial charge is 0.573 e. The van der Waals surface area contributed by atoms with Crippen LogP contribution >= 0.6 is 31.9 Å². The van der Waals surface area contributed by atoms with Gasteiger partial charge in [-0.3, -0.25) is 0 Å². The highest BCUT2D eigenvalue weighted by Gasteiger charge is 2.31. The maximum atomic E-state index is 11.7. The van der Waals surface area contributed by atoms with E-state index in [0.717, 1.165) is 0 Å². The van der Waals surface area contributed by atoms with Crippen LogP contribution in [0.15, 0.2) is 21.1 Å². The number of ether oxygens (including phenoxy) is 1. The summed E-state index contributed by atoms with van der Waals surface area (Å²) in [5, 5.41) is 0. The molecule has 0 fully saturated rings. The van der Waals surface area contributed by atoms with Gasteiger partial charge in [0.05, 0.1) is 0 Å². The summed E-state index contributed by atoms with van der Waals surface area (Å²) in [5.74, 6) is -0.381. The Hall–Kier alpha value is -0.230. The van der Waals surface area contributed by atoms with Gasteiger partial charge in [-0.15, -0.1) is 13.2 Å². The second-order valence-electron chi connectivity index (χ2n) is 2.06. The molecule has 0 unspecified atom stereocenters. The molecule has 0 aliphatic heterocycles. The minimum Gasteiger partial charge on any atom is -0.405 e. The molecule has 1 rings (SSSR count). The number of hydrogen-bond acceptors (Lipinski definition) is 1. The summed E-state index contributed by atoms with van der Waals surface area (Å²) < 4.78 is 39.7. The number of rotatable bonds is 1. The molecule has 0 aromatic heterocycles. The number of benzene rings is 1. The Bertz CT molecular complexity index is 291. The highest BCUT2D eigenvalue weighted by molar-refractivity contribution is 9.11. The molecule has 0 spiro atoms. The van der Waals surface area contributed by atoms with E-state index in [1.54, 1.807) is 6.07 Å². The number of alkyl halides is 3. The Morgan fingerprint density at radius 2 is 1.85 bits per heavy atom. The van der Waals surface area contributed by atoms with E-state index in [9.17, 15) is 13.2 Å². The highest BCUT2D eigenvalue weighted by Crippen LogP contribution is 2.28. The van der Waals surface area contributed by atoms with E-state index >= 15 is 0 Å². The van der Waals surface area contributed by atoms with Crippen LogP contribution < -0.4 is 4.74 Å². The van der Waals surface area contributed by atoms with Gasteiger partial charge < -0.3 is 4.74 Å². The van der Waals surface area contributed by atoms with Crippen LogP contribution in [-0.4, -0.2) is 6.36 Å². The Morgan fingerprint density at radius 3 is 2.31 bits per heavy atom. The molecule has 1 nitrogen and oxygen atoms in total. The first-order chi connectivity index (χ1) is 5.87. The van der Waals surface area contributed by atoms with Gasteiger partial charge in [-0.2, -0.15) is 0 Å². The van der Waals surface area contributed by atoms with E-state index in [4.69, 9.17) is 0 Å². The van der Waals surface area contributed by atoms with E-state index < -0.39 is 6.36 Å². The van der Waals surface area contributed by atoms with Gasteiger partial charge in [-0.25, -0.2) is 0 Å². The molecule has 0 atom stereocenters. The molecule has 0 amide bonds. The van der Waals surface area contributed by atoms with Crippen LogP contribution in [0.5, 0.6) is 5.75 Å². The van der Waals surface area contributed by atoms with Crippen molar-refractivity contribution < 1.29 is 17.9 Å². The van der Waals surface area contributed by atoms with E-state index in [-0.39, 0.29) is 5.75 Å². The third kappa shape index (κ3) is 3.99. The standard InChI is InChI=1S/C7H2Br2F3O/c8-4-1-5(9)3-6(2-4)13-7(10,11)12/h1-2H. The lowest BCUT2D eigenvalue weighted by molar-refractivity contribution is -0.274. The normalized spacial score (nSPS) is 11.5. The molecular formula is C7H2Br2F3O. The molecule has 0 N–H and O–H groups in total. The molecule has 13 heavy (non-hydrogen) atoms. The van der Waals surface area contributed by atoms with Crippen LogP contribution in [0.4, 0.5) is 13.2 Å². The van der Waals surface area contributed by atoms with Gasteiger partial charge in [0.1, 0.15) is 5.75 Å². The van der Waals surface area contributed by atoms with Gasteiger partial charge in [-0.1, -0.05) is 15.9 Å². The van der Waals surface area contributed by atoms with Crippen LogP contribution in [0, 0.1) is 6.07 Å². The van der Waals surface area contributed by atoms with Gasteiger partial charge in [0.25, 0.3) is 0 Å². The highest BCUT2D eigenvalue weighted by atomic mass is 79.9. The van der Waals surface area contributed by atoms with Crippen molar-refractivity contribution in [3.8, 4) is 5.75 Å². The molecule has 1 radical (unpaired) electrons. The second kappa shape index (κ2) is 3.88. The lowest BCUT2D eigenvalue weighted by Crippen LogP contribution is -2.17. The lowest BCUT2D eigenvalue weighted by atomic mass is 10.3. The van der Waals surface area contributed by atoms with E-state index in [0.29, 0.717) is 8.95 Å². The maximum absolute atomic E-state index is 11.7. The predicted octanol–water partition coefficient (Wildman–Crippen LogP) is 3.91. The quantitative estimate of drug-likeness (QED) is 0.763. The van der Waals surface area contributed by atoms with Crippen LogP contribution in [0.3, 0.4) is 0 Å². The van der Waals surface area contributed by atoms with Gasteiger partial charge in [0.2, 0.25) is 0 Å². The minimum atomic E-state index is -4.68. The van der Waals surface area contributed by atoms with Gasteiger partial charge >= 0.3 is 6.36 Å². The second-order valence-corrected chi connectivity index (χ2v) is 3.83. The summed E-state index contributed by atoms with van der Waals surface area (Å²) in [6.07, 6.45) is -4.68. The minimum absolute atomic E-state index is 0.381. The van der Waals surface area contributed by atoms with Crippen molar-refractivity contribution in [3.05, 3.63) is 27.1 Å². The van der Waals surface area contributed by atoms with Crippen molar-refractivity contribution in [3.63, 3.8) is 0 Å². The molecule has 1 aromatic rings. The summed E-state index contributed by atoms with van der Waals surface area (Å²) in [6, 6.07) is 5.09. The first-order valence-electron chi connectivity index (χ1n) is 3.01. The first-order valence-corrected chi connectivity index (χ1v) is 4.59. The molecule has 0 bridgehead atoms. The molecule has 0 aliphatic rings. The summed E-state index contributed by atoms with van der Waals surface area (Å²) in [5.41, 5.74) is 0. The summed E-state index contributed by atoms with van der Waals surface area (Å²) in [7, 11) is 0. The fraction of sp³-hybridized carbons (Fsp3) is 0.143. The molecule has 71 valence electrons. The smallest absolute Gasteiger partial charge is 0.405 e. The number of halogens is 5. The monoisotopic (exact) mass is 317 g/mol. The van der Waals surface area contributed by atoms with E-state index in [1.807, 2.05) is 0 Å². The van der Waals surface area contributed by atoms with Crippen molar-refractivity contribution in [1.82, 2.24) is 0 Å². The summed E-state index contributed by atoms with van der Waals surface area (Å²) >= 11 is 6.01. The Morgan fingerprint density at radius 1 is 1.23 bits per heavy atom. The Balaban J connectivity index is 2.90. The molecule has 0 aliphatic carbocycles. The molecule has 1 aromatic carbocycles. The van der Waals surface area contributed by atoms with Crippen LogP contribution in [-0.2, 0) is 0 Å². The van der Waals surface area contributed by atoms with Crippen LogP contribution in [0.1, 0.15) is 0 Å². The summed E-state index contributed by atoms with van der Waals surface area (Å²) in [4.78, 5) is 0. The van der Waals surface area contributed by atoms with Crippen LogP contribution in [0.2, 0.25) is 0 Å². The van der Waals surface area contributed by atoms with Gasteiger partial charge in [0, 0.05) is 15.0 Å². The van der Waals surface area contributed by atoms with Gasteiger partial charge in [0.15, 0.2) is 0 Å². The van der Waals surface area contributed by atoms with E-state index in [2.05, 4.69) is 42.7 Å². The predicted molar refractivity (Wildman–Crippen MR) is 47.4 cm³/mol. The number of hydrogen-bond donors (Lipinski definition) is 0. The van der Waals surface area contributed by atoms with E-state index in [1.165, 1.54) is 6.07 Å². The van der Waals surface area contributed by atoms with Gasteiger partial charge in [-0.05, 0) is 28.1 Å². The Kier molecular flexibility index (Phi) is 3.23. The molecule has 0 saturated heterocycles. The first kappa shape index (κ1) is 10.8. The molecular weight excluding hydrogens is 317 g/mol. The molecule has 6 heteroatoms. The zero-order chi connectivity index (χ0) is 10.1. The fourth-order valence-electron chi connectivity index (χ4n) is 0.657. The van der Waals surface area contributed by atoms with Crippen molar-refractivity contribution in [2.24, 2.45) is 0 Å². The fourth-order valence-corrected chi connectivity index (χ4v) is 1.84. The SMILES string of the molecule is FC(F)(F)Oc1[c]c(Br)cc(Br)c1. The third-order valence-corrected chi connectivity index (χ3v) is 1.89. The molecule has 0 heterocycles. The Labute approximate surface area is 89.1 Å². The van der Waals surface area contributed by atoms with Crippen molar-refractivity contribution in [2.45, 2.75) is 6.36 Å². The summed E-state index contributed by atoms with van der Waals surface area (Å²) in [6.45, 7) is 0. The zero-order valence-electron chi connectivity index (χ0n) is 5.95. The zero-order valence-corrected chi connectivity index (χ0v) is 9.12. The molecule has 0 saturated carbocycles. The van der Waals surface area contributed by atoms with Crippen molar-refractivity contribution in [1.29, 1.82) is 0 Å². The van der Waals surface area contributed by atoms with Crippen LogP contribution in [0.25, 0.3) is 0 Å². The average Bonchev–Trinajstić information content (AvgIpc) is 1.78. The van der Waals surface area contributed by atoms with Crippen molar-refractivity contribution >= 4 is 31.9 Å². The maximum Gasteiger partial charge on any atom is 0.573 e. The average molecular weight is 319 g/mol. The lowest BCUT2D eigenvalue weighted by Gasteiger charge is -2.08. The third-order valence-electron chi connectivity index (χ3n) is 1.00. The topological polar surface area (TPSA) is 9.23 Å². The van der Waals surface area contributed by atoms with Crippen molar-refractivity contribution in [2.75, 3.05) is 0 Å².